The lowest BCUT2D eigenvalue weighted by Crippen LogP contribution is -2.37. The van der Waals surface area contributed by atoms with Crippen LogP contribution >= 0.6 is 0 Å². The van der Waals surface area contributed by atoms with Gasteiger partial charge >= 0.3 is 0 Å². The fourth-order valence-electron chi connectivity index (χ4n) is 2.42. The van der Waals surface area contributed by atoms with Crippen molar-refractivity contribution in [3.63, 3.8) is 0 Å². The highest BCUT2D eigenvalue weighted by Crippen LogP contribution is 2.11. The van der Waals surface area contributed by atoms with Gasteiger partial charge in [0.2, 0.25) is 5.91 Å². The Bertz CT molecular complexity index is 493. The summed E-state index contributed by atoms with van der Waals surface area (Å²) < 4.78 is 0. The Kier molecular flexibility index (Phi) is 7.05. The van der Waals surface area contributed by atoms with Gasteiger partial charge in [-0.15, -0.1) is 0 Å². The number of benzene rings is 1. The lowest BCUT2D eigenvalue weighted by molar-refractivity contribution is -0.117. The molecule has 0 atom stereocenters. The van der Waals surface area contributed by atoms with Gasteiger partial charge in [0, 0.05) is 31.4 Å². The van der Waals surface area contributed by atoms with Crippen LogP contribution in [0.4, 0.5) is 5.69 Å². The van der Waals surface area contributed by atoms with Crippen LogP contribution in [0.3, 0.4) is 0 Å². The summed E-state index contributed by atoms with van der Waals surface area (Å²) in [6.45, 7) is 4.62. The van der Waals surface area contributed by atoms with Gasteiger partial charge in [-0.25, -0.2) is 0 Å². The number of carbonyl (C=O) groups excluding carboxylic acids is 2. The van der Waals surface area contributed by atoms with Crippen LogP contribution in [0.25, 0.3) is 0 Å². The van der Waals surface area contributed by atoms with Crippen molar-refractivity contribution in [1.82, 2.24) is 9.80 Å². The van der Waals surface area contributed by atoms with Gasteiger partial charge in [0.25, 0.3) is 5.91 Å². The molecule has 22 heavy (non-hydrogen) atoms. The van der Waals surface area contributed by atoms with Crippen LogP contribution in [0.15, 0.2) is 24.3 Å². The standard InChI is InChI=1S/C17H27N3O2/c1-6-15(7-2)20(5)12-16(21)18-14-10-8-13(9-11-14)17(22)19(3)4/h8-11,15H,6-7,12H2,1-5H3,(H,18,21). The molecule has 0 spiro atoms. The largest absolute Gasteiger partial charge is 0.345 e. The molecule has 0 heterocycles. The van der Waals surface area contributed by atoms with E-state index in [1.807, 2.05) is 7.05 Å². The van der Waals surface area contributed by atoms with E-state index in [1.54, 1.807) is 38.4 Å². The number of likely N-dealkylation sites (N-methyl/N-ethyl adjacent to an activating group) is 1. The van der Waals surface area contributed by atoms with Crippen molar-refractivity contribution in [1.29, 1.82) is 0 Å². The Balaban J connectivity index is 2.60. The number of rotatable bonds is 7. The Hall–Kier alpha value is -1.88. The fourth-order valence-corrected chi connectivity index (χ4v) is 2.42. The Morgan fingerprint density at radius 3 is 2.05 bits per heavy atom. The van der Waals surface area contributed by atoms with Crippen LogP contribution < -0.4 is 5.32 Å². The smallest absolute Gasteiger partial charge is 0.253 e. The molecule has 0 aliphatic carbocycles. The predicted molar refractivity (Wildman–Crippen MR) is 90.1 cm³/mol. The molecular formula is C17H27N3O2. The number of hydrogen-bond donors (Lipinski definition) is 1. The van der Waals surface area contributed by atoms with Crippen LogP contribution in [0.2, 0.25) is 0 Å². The molecule has 122 valence electrons. The van der Waals surface area contributed by atoms with Crippen molar-refractivity contribution in [3.05, 3.63) is 29.8 Å². The lowest BCUT2D eigenvalue weighted by atomic mass is 10.1. The summed E-state index contributed by atoms with van der Waals surface area (Å²) in [4.78, 5) is 27.4. The number of carbonyl (C=O) groups is 2. The van der Waals surface area contributed by atoms with E-state index < -0.39 is 0 Å². The minimum absolute atomic E-state index is 0.0407. The molecule has 5 nitrogen and oxygen atoms in total. The first-order chi connectivity index (χ1) is 10.4. The summed E-state index contributed by atoms with van der Waals surface area (Å²) in [5.41, 5.74) is 1.32. The average Bonchev–Trinajstić information content (AvgIpc) is 2.48. The molecule has 1 N–H and O–H groups in total. The number of nitrogens with one attached hydrogen (secondary N) is 1. The second kappa shape index (κ2) is 8.54. The van der Waals surface area contributed by atoms with Gasteiger partial charge < -0.3 is 10.2 Å². The predicted octanol–water partition coefficient (Wildman–Crippen LogP) is 2.45. The Morgan fingerprint density at radius 2 is 1.59 bits per heavy atom. The van der Waals surface area contributed by atoms with Crippen molar-refractivity contribution in [2.75, 3.05) is 33.0 Å². The van der Waals surface area contributed by atoms with Crippen LogP contribution in [0, 0.1) is 0 Å². The molecule has 0 saturated heterocycles. The molecule has 0 aliphatic heterocycles. The van der Waals surface area contributed by atoms with Gasteiger partial charge in [-0.3, -0.25) is 14.5 Å². The molecule has 0 fully saturated rings. The second-order valence-electron chi connectivity index (χ2n) is 5.71. The molecule has 0 saturated carbocycles. The van der Waals surface area contributed by atoms with Gasteiger partial charge in [0.1, 0.15) is 0 Å². The first kappa shape index (κ1) is 18.2. The summed E-state index contributed by atoms with van der Waals surface area (Å²) in [6, 6.07) is 7.38. The molecular weight excluding hydrogens is 278 g/mol. The van der Waals surface area contributed by atoms with Crippen LogP contribution in [0.1, 0.15) is 37.0 Å². The topological polar surface area (TPSA) is 52.7 Å². The fraction of sp³-hybridized carbons (Fsp3) is 0.529. The van der Waals surface area contributed by atoms with Gasteiger partial charge in [0.05, 0.1) is 6.54 Å². The zero-order valence-corrected chi connectivity index (χ0v) is 14.2. The van der Waals surface area contributed by atoms with Crippen LogP contribution in [0.5, 0.6) is 0 Å². The minimum Gasteiger partial charge on any atom is -0.345 e. The molecule has 5 heteroatoms. The van der Waals surface area contributed by atoms with Crippen LogP contribution in [-0.2, 0) is 4.79 Å². The van der Waals surface area contributed by atoms with E-state index in [0.717, 1.165) is 12.8 Å². The van der Waals surface area contributed by atoms with E-state index in [9.17, 15) is 9.59 Å². The zero-order valence-electron chi connectivity index (χ0n) is 14.2. The molecule has 0 bridgehead atoms. The monoisotopic (exact) mass is 305 g/mol. The first-order valence-electron chi connectivity index (χ1n) is 7.70. The van der Waals surface area contributed by atoms with E-state index in [1.165, 1.54) is 4.90 Å². The quantitative estimate of drug-likeness (QED) is 0.842. The molecule has 0 unspecified atom stereocenters. The third-order valence-electron chi connectivity index (χ3n) is 3.78. The van der Waals surface area contributed by atoms with E-state index >= 15 is 0 Å². The third kappa shape index (κ3) is 5.15. The molecule has 2 amide bonds. The van der Waals surface area contributed by atoms with E-state index in [-0.39, 0.29) is 11.8 Å². The van der Waals surface area contributed by atoms with Crippen molar-refractivity contribution in [2.24, 2.45) is 0 Å². The molecule has 0 aliphatic rings. The highest BCUT2D eigenvalue weighted by atomic mass is 16.2. The zero-order chi connectivity index (χ0) is 16.7. The van der Waals surface area contributed by atoms with Gasteiger partial charge in [-0.05, 0) is 44.2 Å². The van der Waals surface area contributed by atoms with Crippen LogP contribution in [-0.4, -0.2) is 55.3 Å². The minimum atomic E-state index is -0.0497. The number of amides is 2. The molecule has 0 aromatic heterocycles. The third-order valence-corrected chi connectivity index (χ3v) is 3.78. The molecule has 1 aromatic rings. The van der Waals surface area contributed by atoms with E-state index in [2.05, 4.69) is 24.1 Å². The van der Waals surface area contributed by atoms with E-state index in [4.69, 9.17) is 0 Å². The van der Waals surface area contributed by atoms with Crippen molar-refractivity contribution in [2.45, 2.75) is 32.7 Å². The highest BCUT2D eigenvalue weighted by Gasteiger charge is 2.14. The van der Waals surface area contributed by atoms with Crippen molar-refractivity contribution >= 4 is 17.5 Å². The maximum absolute atomic E-state index is 12.1. The summed E-state index contributed by atoms with van der Waals surface area (Å²) in [5, 5.41) is 2.87. The normalized spacial score (nSPS) is 10.9. The SMILES string of the molecule is CCC(CC)N(C)CC(=O)Nc1ccc(C(=O)N(C)C)cc1. The second-order valence-corrected chi connectivity index (χ2v) is 5.71. The van der Waals surface area contributed by atoms with E-state index in [0.29, 0.717) is 23.8 Å². The molecule has 0 radical (unpaired) electrons. The molecule has 1 rings (SSSR count). The van der Waals surface area contributed by atoms with Gasteiger partial charge in [-0.2, -0.15) is 0 Å². The Morgan fingerprint density at radius 1 is 1.05 bits per heavy atom. The summed E-state index contributed by atoms with van der Waals surface area (Å²) in [6.07, 6.45) is 2.06. The van der Waals surface area contributed by atoms with Crippen molar-refractivity contribution in [3.8, 4) is 0 Å². The number of nitrogens with zero attached hydrogens (tertiary/aromatic N) is 2. The maximum atomic E-state index is 12.1. The molecule has 1 aromatic carbocycles. The van der Waals surface area contributed by atoms with Gasteiger partial charge in [-0.1, -0.05) is 13.8 Å². The van der Waals surface area contributed by atoms with Crippen molar-refractivity contribution < 1.29 is 9.59 Å². The number of anilines is 1. The first-order valence-corrected chi connectivity index (χ1v) is 7.70. The summed E-state index contributed by atoms with van der Waals surface area (Å²) >= 11 is 0. The Labute approximate surface area is 133 Å². The highest BCUT2D eigenvalue weighted by molar-refractivity contribution is 5.95. The lowest BCUT2D eigenvalue weighted by Gasteiger charge is -2.25. The number of hydrogen-bond acceptors (Lipinski definition) is 3. The summed E-state index contributed by atoms with van der Waals surface area (Å²) in [5.74, 6) is -0.0903. The maximum Gasteiger partial charge on any atom is 0.253 e. The average molecular weight is 305 g/mol. The summed E-state index contributed by atoms with van der Waals surface area (Å²) in [7, 11) is 5.40. The van der Waals surface area contributed by atoms with Gasteiger partial charge in [0.15, 0.2) is 0 Å².